The zero-order valence-corrected chi connectivity index (χ0v) is 35.2. The molecular formula is C46H49IN2O9. The van der Waals surface area contributed by atoms with Crippen LogP contribution in [0.25, 0.3) is 0 Å². The van der Waals surface area contributed by atoms with Crippen LogP contribution < -0.4 is 5.32 Å². The van der Waals surface area contributed by atoms with Gasteiger partial charge in [-0.3, -0.25) is 14.4 Å². The van der Waals surface area contributed by atoms with E-state index in [1.165, 1.54) is 4.90 Å². The van der Waals surface area contributed by atoms with Crippen LogP contribution >= 0.6 is 22.6 Å². The summed E-state index contributed by atoms with van der Waals surface area (Å²) in [4.78, 5) is 56.3. The van der Waals surface area contributed by atoms with Gasteiger partial charge in [0.25, 0.3) is 0 Å². The van der Waals surface area contributed by atoms with Gasteiger partial charge in [-0.15, -0.1) is 0 Å². The number of nitrogens with zero attached hydrogens (tertiary/aromatic N) is 1. The van der Waals surface area contributed by atoms with Crippen LogP contribution in [0.3, 0.4) is 0 Å². The number of esters is 2. The summed E-state index contributed by atoms with van der Waals surface area (Å²) in [7, 11) is 1.55. The molecule has 6 rings (SSSR count). The normalized spacial score (nSPS) is 19.5. The second kappa shape index (κ2) is 18.8. The van der Waals surface area contributed by atoms with Crippen LogP contribution in [0.4, 0.5) is 0 Å². The number of fused-ring (bicyclic) bond motifs is 1. The Kier molecular flexibility index (Phi) is 13.8. The molecule has 0 bridgehead atoms. The summed E-state index contributed by atoms with van der Waals surface area (Å²) in [5, 5.41) is 13.1. The fourth-order valence-electron chi connectivity index (χ4n) is 7.18. The Morgan fingerprint density at radius 3 is 2.03 bits per heavy atom. The third kappa shape index (κ3) is 10.4. The van der Waals surface area contributed by atoms with Crippen molar-refractivity contribution < 1.29 is 43.2 Å². The first-order chi connectivity index (χ1) is 27.8. The van der Waals surface area contributed by atoms with Gasteiger partial charge in [0.05, 0.1) is 18.2 Å². The first-order valence-corrected chi connectivity index (χ1v) is 20.4. The molecule has 1 fully saturated rings. The van der Waals surface area contributed by atoms with E-state index in [1.807, 2.05) is 103 Å². The summed E-state index contributed by atoms with van der Waals surface area (Å²) in [6.07, 6.45) is -0.604. The lowest BCUT2D eigenvalue weighted by molar-refractivity contribution is -0.157. The minimum Gasteiger partial charge on any atom is -0.460 e. The van der Waals surface area contributed by atoms with Crippen LogP contribution in [-0.4, -0.2) is 83.4 Å². The molecule has 1 heterocycles. The Bertz CT molecular complexity index is 2030. The molecular weight excluding hydrogens is 851 g/mol. The Balaban J connectivity index is 1.31. The molecule has 1 saturated heterocycles. The van der Waals surface area contributed by atoms with Gasteiger partial charge in [0, 0.05) is 46.6 Å². The number of rotatable bonds is 14. The molecule has 2 N–H and O–H groups in total. The fraction of sp³-hybridized carbons (Fsp3) is 0.348. The summed E-state index contributed by atoms with van der Waals surface area (Å²) in [5.41, 5.74) is 2.20. The number of aliphatic hydroxyl groups excluding tert-OH is 1. The molecule has 1 aliphatic heterocycles. The highest BCUT2D eigenvalue weighted by Crippen LogP contribution is 2.47. The number of hydrogen-bond acceptors (Lipinski definition) is 9. The van der Waals surface area contributed by atoms with Gasteiger partial charge in [0.2, 0.25) is 17.6 Å². The van der Waals surface area contributed by atoms with Crippen LogP contribution in [0.1, 0.15) is 67.1 Å². The number of hydrogen-bond donors (Lipinski definition) is 2. The zero-order chi connectivity index (χ0) is 41.5. The number of amides is 2. The molecule has 0 radical (unpaired) electrons. The SMILES string of the molecule is CN(C(=O)C1=CC2OC(c3ccccc3)(c3ccccc3)OC2C(OC(=O)c2ccc(I)cc2)C1)C(Cc1ccccc1)C(=O)NC(CO)CCC(=O)OC(C)(C)C. The molecule has 2 amide bonds. The van der Waals surface area contributed by atoms with Gasteiger partial charge in [-0.1, -0.05) is 91.0 Å². The van der Waals surface area contributed by atoms with Crippen molar-refractivity contribution >= 4 is 46.3 Å². The molecule has 5 atom stereocenters. The first-order valence-electron chi connectivity index (χ1n) is 19.3. The van der Waals surface area contributed by atoms with Crippen molar-refractivity contribution in [1.29, 1.82) is 0 Å². The molecule has 1 aliphatic carbocycles. The van der Waals surface area contributed by atoms with Gasteiger partial charge in [0.1, 0.15) is 30.0 Å². The van der Waals surface area contributed by atoms with Gasteiger partial charge in [0.15, 0.2) is 0 Å². The smallest absolute Gasteiger partial charge is 0.338 e. The predicted molar refractivity (Wildman–Crippen MR) is 225 cm³/mol. The maximum absolute atomic E-state index is 14.7. The fourth-order valence-corrected chi connectivity index (χ4v) is 7.54. The predicted octanol–water partition coefficient (Wildman–Crippen LogP) is 6.50. The van der Waals surface area contributed by atoms with Crippen LogP contribution in [-0.2, 0) is 45.5 Å². The summed E-state index contributed by atoms with van der Waals surface area (Å²) in [6.45, 7) is 4.88. The highest BCUT2D eigenvalue weighted by atomic mass is 127. The van der Waals surface area contributed by atoms with Crippen molar-refractivity contribution in [2.75, 3.05) is 13.7 Å². The van der Waals surface area contributed by atoms with Crippen molar-refractivity contribution in [3.63, 3.8) is 0 Å². The molecule has 4 aromatic rings. The minimum atomic E-state index is -1.39. The van der Waals surface area contributed by atoms with E-state index in [0.717, 1.165) is 20.3 Å². The van der Waals surface area contributed by atoms with E-state index in [9.17, 15) is 24.3 Å². The third-order valence-corrected chi connectivity index (χ3v) is 10.8. The number of halogens is 1. The van der Waals surface area contributed by atoms with Crippen molar-refractivity contribution in [2.24, 2.45) is 0 Å². The number of carbonyl (C=O) groups excluding carboxylic acids is 4. The highest BCUT2D eigenvalue weighted by molar-refractivity contribution is 14.1. The maximum atomic E-state index is 14.7. The lowest BCUT2D eigenvalue weighted by Crippen LogP contribution is -2.53. The van der Waals surface area contributed by atoms with Crippen molar-refractivity contribution in [3.05, 3.63) is 153 Å². The van der Waals surface area contributed by atoms with Crippen LogP contribution in [0.15, 0.2) is 127 Å². The molecule has 5 unspecified atom stereocenters. The quantitative estimate of drug-likeness (QED) is 0.107. The van der Waals surface area contributed by atoms with E-state index < -0.39 is 72.1 Å². The van der Waals surface area contributed by atoms with Crippen molar-refractivity contribution in [1.82, 2.24) is 10.2 Å². The average Bonchev–Trinajstić information content (AvgIpc) is 3.63. The monoisotopic (exact) mass is 900 g/mol. The lowest BCUT2D eigenvalue weighted by atomic mass is 9.90. The summed E-state index contributed by atoms with van der Waals surface area (Å²) in [6, 6.07) is 33.5. The Hall–Kier alpha value is -4.89. The maximum Gasteiger partial charge on any atom is 0.338 e. The number of ether oxygens (including phenoxy) is 4. The number of benzene rings is 4. The topological polar surface area (TPSA) is 141 Å². The molecule has 304 valence electrons. The summed E-state index contributed by atoms with van der Waals surface area (Å²) >= 11 is 2.16. The van der Waals surface area contributed by atoms with Crippen molar-refractivity contribution in [3.8, 4) is 0 Å². The standard InChI is InChI=1S/C46H49IN2O9/c1-45(2,3)57-40(51)25-24-36(29-50)48-42(52)37(26-30-14-8-5-9-15-30)49(4)43(53)32-27-38(55-44(54)31-20-22-35(47)23-21-31)41-39(28-32)56-46(58-41,33-16-10-6-11-17-33)34-18-12-7-13-19-34/h5-23,28,36-39,41,50H,24-27,29H2,1-4H3,(H,48,52). The molecule has 0 saturated carbocycles. The zero-order valence-electron chi connectivity index (χ0n) is 33.0. The van der Waals surface area contributed by atoms with E-state index in [2.05, 4.69) is 27.9 Å². The molecule has 11 nitrogen and oxygen atoms in total. The highest BCUT2D eigenvalue weighted by Gasteiger charge is 2.55. The van der Waals surface area contributed by atoms with Gasteiger partial charge in [-0.2, -0.15) is 0 Å². The number of aliphatic hydroxyl groups is 1. The third-order valence-electron chi connectivity index (χ3n) is 10.0. The Morgan fingerprint density at radius 1 is 0.879 bits per heavy atom. The van der Waals surface area contributed by atoms with Gasteiger partial charge in [-0.25, -0.2) is 4.79 Å². The van der Waals surface area contributed by atoms with Gasteiger partial charge >= 0.3 is 11.9 Å². The van der Waals surface area contributed by atoms with Crippen LogP contribution in [0.5, 0.6) is 0 Å². The average molecular weight is 901 g/mol. The molecule has 2 aliphatic rings. The minimum absolute atomic E-state index is 0.0156. The number of nitrogens with one attached hydrogen (secondary N) is 1. The summed E-state index contributed by atoms with van der Waals surface area (Å²) < 4.78 is 26.3. The summed E-state index contributed by atoms with van der Waals surface area (Å²) in [5.74, 6) is -3.40. The van der Waals surface area contributed by atoms with Crippen molar-refractivity contribution in [2.45, 2.75) is 88.2 Å². The first kappa shape index (κ1) is 42.7. The molecule has 12 heteroatoms. The largest absolute Gasteiger partial charge is 0.460 e. The van der Waals surface area contributed by atoms with Crippen LogP contribution in [0, 0.1) is 3.57 Å². The van der Waals surface area contributed by atoms with E-state index in [-0.39, 0.29) is 31.3 Å². The Morgan fingerprint density at radius 2 is 1.47 bits per heavy atom. The van der Waals surface area contributed by atoms with Gasteiger partial charge in [-0.05, 0) is 85.7 Å². The molecule has 0 spiro atoms. The van der Waals surface area contributed by atoms with E-state index >= 15 is 0 Å². The molecule has 4 aromatic carbocycles. The lowest BCUT2D eigenvalue weighted by Gasteiger charge is -2.34. The van der Waals surface area contributed by atoms with E-state index in [1.54, 1.807) is 46.0 Å². The molecule has 58 heavy (non-hydrogen) atoms. The van der Waals surface area contributed by atoms with Gasteiger partial charge < -0.3 is 34.3 Å². The molecule has 0 aromatic heterocycles. The number of likely N-dealkylation sites (N-methyl/N-ethyl adjacent to an activating group) is 1. The second-order valence-electron chi connectivity index (χ2n) is 15.5. The second-order valence-corrected chi connectivity index (χ2v) is 16.7. The van der Waals surface area contributed by atoms with E-state index in [4.69, 9.17) is 18.9 Å². The Labute approximate surface area is 352 Å². The van der Waals surface area contributed by atoms with E-state index in [0.29, 0.717) is 5.56 Å². The number of carbonyl (C=O) groups is 4. The van der Waals surface area contributed by atoms with Crippen LogP contribution in [0.2, 0.25) is 0 Å².